The molecule has 0 heterocycles. The van der Waals surface area contributed by atoms with Gasteiger partial charge in [0.25, 0.3) is 0 Å². The quantitative estimate of drug-likeness (QED) is 0.637. The molecule has 0 aromatic heterocycles. The van der Waals surface area contributed by atoms with E-state index in [0.29, 0.717) is 5.56 Å². The summed E-state index contributed by atoms with van der Waals surface area (Å²) >= 11 is 0. The number of hydrogen-bond donors (Lipinski definition) is 2. The first-order valence-corrected chi connectivity index (χ1v) is 9.20. The van der Waals surface area contributed by atoms with Gasteiger partial charge in [-0.3, -0.25) is 9.36 Å². The third-order valence-electron chi connectivity index (χ3n) is 3.35. The van der Waals surface area contributed by atoms with Gasteiger partial charge in [0.2, 0.25) is 11.7 Å². The van der Waals surface area contributed by atoms with Crippen LogP contribution in [0, 0.1) is 0 Å². The minimum Gasteiger partial charge on any atom is -0.445 e. The highest BCUT2D eigenvalue weighted by Gasteiger charge is 2.54. The van der Waals surface area contributed by atoms with E-state index >= 15 is 0 Å². The van der Waals surface area contributed by atoms with Gasteiger partial charge in [0.15, 0.2) is 0 Å². The number of alkyl carbamates (subject to hydrolysis) is 1. The third-order valence-corrected chi connectivity index (χ3v) is 5.43. The van der Waals surface area contributed by atoms with Crippen LogP contribution in [0.3, 0.4) is 0 Å². The molecule has 0 radical (unpaired) electrons. The minimum absolute atomic E-state index is 0.0886. The van der Waals surface area contributed by atoms with Crippen LogP contribution in [0.25, 0.3) is 0 Å². The van der Waals surface area contributed by atoms with Crippen LogP contribution in [0.15, 0.2) is 30.3 Å². The summed E-state index contributed by atoms with van der Waals surface area (Å²) in [5.41, 5.74) is 0.683. The molecule has 2 atom stereocenters. The Labute approximate surface area is 153 Å². The van der Waals surface area contributed by atoms with Gasteiger partial charge in [0, 0.05) is 14.2 Å². The highest BCUT2D eigenvalue weighted by atomic mass is 31.2. The highest BCUT2D eigenvalue weighted by molar-refractivity contribution is 7.54. The van der Waals surface area contributed by atoms with Crippen molar-refractivity contribution in [3.05, 3.63) is 35.9 Å². The van der Waals surface area contributed by atoms with Crippen molar-refractivity contribution < 1.29 is 41.1 Å². The molecule has 1 aromatic carbocycles. The van der Waals surface area contributed by atoms with Gasteiger partial charge < -0.3 is 24.4 Å². The third kappa shape index (κ3) is 6.85. The summed E-state index contributed by atoms with van der Waals surface area (Å²) in [6, 6.07) is 7.22. The Balaban J connectivity index is 2.68. The van der Waals surface area contributed by atoms with Crippen LogP contribution in [-0.2, 0) is 29.8 Å². The molecule has 27 heavy (non-hydrogen) atoms. The van der Waals surface area contributed by atoms with Crippen LogP contribution < -0.4 is 10.6 Å². The van der Waals surface area contributed by atoms with Crippen molar-refractivity contribution in [2.24, 2.45) is 0 Å². The summed E-state index contributed by atoms with van der Waals surface area (Å²) in [5, 5.41) is 3.61. The molecule has 0 saturated heterocycles. The predicted octanol–water partition coefficient (Wildman–Crippen LogP) is 2.79. The van der Waals surface area contributed by atoms with E-state index in [4.69, 9.17) is 4.74 Å². The summed E-state index contributed by atoms with van der Waals surface area (Å²) < 4.78 is 64.9. The Kier molecular flexibility index (Phi) is 8.26. The highest BCUT2D eigenvalue weighted by Crippen LogP contribution is 2.55. The predicted molar refractivity (Wildman–Crippen MR) is 88.8 cm³/mol. The molecule has 0 aliphatic carbocycles. The average Bonchev–Trinajstić information content (AvgIpc) is 2.63. The van der Waals surface area contributed by atoms with Gasteiger partial charge in [-0.1, -0.05) is 30.3 Å². The van der Waals surface area contributed by atoms with E-state index in [9.17, 15) is 27.3 Å². The number of amides is 2. The van der Waals surface area contributed by atoms with Gasteiger partial charge in [0.05, 0.1) is 0 Å². The molecule has 2 N–H and O–H groups in total. The summed E-state index contributed by atoms with van der Waals surface area (Å²) in [5.74, 6) is -4.14. The summed E-state index contributed by atoms with van der Waals surface area (Å²) in [6.45, 7) is 1.05. The van der Waals surface area contributed by atoms with Crippen LogP contribution in [0.5, 0.6) is 0 Å². The smallest absolute Gasteiger partial charge is 0.420 e. The number of carbonyl (C=O) groups excluding carboxylic acids is 2. The second-order valence-electron chi connectivity index (χ2n) is 5.29. The number of halogens is 3. The molecular weight excluding hydrogens is 392 g/mol. The van der Waals surface area contributed by atoms with Crippen molar-refractivity contribution in [1.29, 1.82) is 0 Å². The topological polar surface area (TPSA) is 103 Å². The zero-order valence-electron chi connectivity index (χ0n) is 14.8. The van der Waals surface area contributed by atoms with Gasteiger partial charge in [-0.25, -0.2) is 4.79 Å². The fourth-order valence-electron chi connectivity index (χ4n) is 1.89. The number of nitrogens with one attached hydrogen (secondary N) is 2. The Morgan fingerprint density at radius 2 is 1.67 bits per heavy atom. The van der Waals surface area contributed by atoms with E-state index in [0.717, 1.165) is 21.1 Å². The maximum absolute atomic E-state index is 13.1. The largest absolute Gasteiger partial charge is 0.445 e. The van der Waals surface area contributed by atoms with E-state index < -0.39 is 37.6 Å². The molecule has 1 aromatic rings. The van der Waals surface area contributed by atoms with Crippen LogP contribution in [0.4, 0.5) is 18.0 Å². The molecule has 0 fully saturated rings. The van der Waals surface area contributed by atoms with E-state index in [1.165, 1.54) is 5.32 Å². The molecule has 1 rings (SSSR count). The molecule has 0 saturated carbocycles. The van der Waals surface area contributed by atoms with Crippen molar-refractivity contribution in [2.75, 3.05) is 14.2 Å². The maximum Gasteiger partial charge on any atom is 0.420 e. The van der Waals surface area contributed by atoms with Gasteiger partial charge in [0.1, 0.15) is 12.6 Å². The first-order chi connectivity index (χ1) is 12.5. The van der Waals surface area contributed by atoms with E-state index in [-0.39, 0.29) is 6.61 Å². The Morgan fingerprint density at radius 3 is 2.15 bits per heavy atom. The van der Waals surface area contributed by atoms with Gasteiger partial charge in [-0.05, 0) is 12.5 Å². The van der Waals surface area contributed by atoms with Crippen molar-refractivity contribution >= 4 is 19.6 Å². The summed E-state index contributed by atoms with van der Waals surface area (Å²) in [4.78, 5) is 23.7. The fourth-order valence-corrected chi connectivity index (χ4v) is 3.11. The molecule has 1 unspecified atom stereocenters. The maximum atomic E-state index is 13.1. The Morgan fingerprint density at radius 1 is 1.11 bits per heavy atom. The monoisotopic (exact) mass is 412 g/mol. The van der Waals surface area contributed by atoms with E-state index in [1.54, 1.807) is 30.3 Å². The molecule has 8 nitrogen and oxygen atoms in total. The van der Waals surface area contributed by atoms with Gasteiger partial charge in [-0.15, -0.1) is 0 Å². The number of hydrogen-bond acceptors (Lipinski definition) is 6. The molecule has 0 spiro atoms. The molecule has 0 bridgehead atoms. The van der Waals surface area contributed by atoms with Crippen molar-refractivity contribution in [3.63, 3.8) is 0 Å². The second-order valence-corrected chi connectivity index (χ2v) is 7.61. The molecule has 0 aliphatic rings. The van der Waals surface area contributed by atoms with E-state index in [2.05, 4.69) is 14.4 Å². The van der Waals surface area contributed by atoms with Crippen LogP contribution in [-0.4, -0.2) is 44.2 Å². The molecule has 0 aliphatic heterocycles. The van der Waals surface area contributed by atoms with Crippen molar-refractivity contribution in [3.8, 4) is 0 Å². The van der Waals surface area contributed by atoms with Gasteiger partial charge >= 0.3 is 19.9 Å². The van der Waals surface area contributed by atoms with E-state index in [1.807, 2.05) is 0 Å². The molecule has 2 amide bonds. The minimum atomic E-state index is -5.11. The number of ether oxygens (including phenoxy) is 1. The van der Waals surface area contributed by atoms with Crippen molar-refractivity contribution in [1.82, 2.24) is 10.6 Å². The summed E-state index contributed by atoms with van der Waals surface area (Å²) in [7, 11) is -3.17. The number of carbonyl (C=O) groups is 2. The first kappa shape index (κ1) is 22.9. The van der Waals surface area contributed by atoms with Crippen LogP contribution in [0.1, 0.15) is 12.5 Å². The SMILES string of the molecule is COP(=O)(OC)C(NC(=O)[C@H](C)NC(=O)OCc1ccccc1)C(F)(F)F. The molecule has 152 valence electrons. The molecule has 12 heteroatoms. The normalized spacial score (nSPS) is 14.1. The number of rotatable bonds is 8. The lowest BCUT2D eigenvalue weighted by Gasteiger charge is -2.28. The molecular formula is C15H20F3N2O6P. The van der Waals surface area contributed by atoms with Crippen LogP contribution >= 0.6 is 7.60 Å². The standard InChI is InChI=1S/C15H20F3N2O6P/c1-10(19-14(22)26-9-11-7-5-4-6-8-11)12(21)20-13(15(16,17)18)27(23,24-2)25-3/h4-8,10,13H,9H2,1-3H3,(H,19,22)(H,20,21)/t10-,13?/m0/s1. The zero-order chi connectivity index (χ0) is 20.7. The second kappa shape index (κ2) is 9.72. The number of alkyl halides is 3. The number of benzene rings is 1. The lowest BCUT2D eigenvalue weighted by atomic mass is 10.2. The van der Waals surface area contributed by atoms with Crippen molar-refractivity contribution in [2.45, 2.75) is 31.5 Å². The van der Waals surface area contributed by atoms with Crippen LogP contribution in [0.2, 0.25) is 0 Å². The fraction of sp³-hybridized carbons (Fsp3) is 0.467. The lowest BCUT2D eigenvalue weighted by Crippen LogP contribution is -2.52. The lowest BCUT2D eigenvalue weighted by molar-refractivity contribution is -0.150. The Bertz CT molecular complexity index is 678. The summed E-state index contributed by atoms with van der Waals surface area (Å²) in [6.07, 6.45) is -6.11. The Hall–Kier alpha value is -2.10. The first-order valence-electron chi connectivity index (χ1n) is 7.59. The van der Waals surface area contributed by atoms with Gasteiger partial charge in [-0.2, -0.15) is 13.2 Å². The average molecular weight is 412 g/mol. The zero-order valence-corrected chi connectivity index (χ0v) is 15.7.